The molecule has 0 aromatic carbocycles. The first-order valence-corrected chi connectivity index (χ1v) is 10.7. The van der Waals surface area contributed by atoms with Gasteiger partial charge in [-0.3, -0.25) is 14.4 Å². The van der Waals surface area contributed by atoms with Crippen molar-refractivity contribution in [3.8, 4) is 0 Å². The monoisotopic (exact) mass is 434 g/mol. The Morgan fingerprint density at radius 3 is 2.47 bits per heavy atom. The number of allylic oxidation sites excluding steroid dienone is 1. The number of hydrogen-bond acceptors (Lipinski definition) is 6. The van der Waals surface area contributed by atoms with Gasteiger partial charge in [0.25, 0.3) is 0 Å². The summed E-state index contributed by atoms with van der Waals surface area (Å²) >= 11 is 0. The second kappa shape index (κ2) is 7.15. The summed E-state index contributed by atoms with van der Waals surface area (Å²) in [5, 5.41) is 0. The summed E-state index contributed by atoms with van der Waals surface area (Å²) in [4.78, 5) is 43.7. The van der Waals surface area contributed by atoms with E-state index in [2.05, 4.69) is 9.69 Å². The van der Waals surface area contributed by atoms with E-state index in [0.29, 0.717) is 11.1 Å². The maximum Gasteiger partial charge on any atom is 0.510 e. The van der Waals surface area contributed by atoms with Crippen molar-refractivity contribution >= 4 is 17.7 Å². The van der Waals surface area contributed by atoms with Gasteiger partial charge >= 0.3 is 17.6 Å². The van der Waals surface area contributed by atoms with E-state index >= 15 is 0 Å². The molecule has 32 heavy (non-hydrogen) atoms. The maximum absolute atomic E-state index is 12.9. The van der Waals surface area contributed by atoms with Crippen LogP contribution in [0.5, 0.6) is 0 Å². The van der Waals surface area contributed by atoms with Crippen LogP contribution in [0.15, 0.2) is 33.9 Å². The van der Waals surface area contributed by atoms with Crippen molar-refractivity contribution in [1.82, 2.24) is 0 Å². The molecule has 8 nitrogen and oxygen atoms in total. The van der Waals surface area contributed by atoms with Crippen molar-refractivity contribution in [3.05, 3.63) is 56.8 Å². The Bertz CT molecular complexity index is 1120. The van der Waals surface area contributed by atoms with Crippen LogP contribution >= 0.6 is 0 Å². The molecule has 3 unspecified atom stereocenters. The van der Waals surface area contributed by atoms with Gasteiger partial charge in [0.05, 0.1) is 12.2 Å². The van der Waals surface area contributed by atoms with Crippen LogP contribution in [0.2, 0.25) is 0 Å². The van der Waals surface area contributed by atoms with Crippen LogP contribution < -0.4 is 0 Å². The molecule has 0 radical (unpaired) electrons. The number of carbonyl (C=O) groups is 3. The molecule has 0 aromatic heterocycles. The highest BCUT2D eigenvalue weighted by Crippen LogP contribution is 2.62. The molecule has 1 saturated heterocycles. The van der Waals surface area contributed by atoms with Crippen LogP contribution in [-0.4, -0.2) is 48.8 Å². The van der Waals surface area contributed by atoms with Crippen molar-refractivity contribution in [3.63, 3.8) is 0 Å². The molecule has 0 aromatic rings. The topological polar surface area (TPSA) is 90.9 Å². The minimum absolute atomic E-state index is 0.00503. The van der Waals surface area contributed by atoms with Crippen LogP contribution in [0, 0.1) is 30.9 Å². The van der Waals surface area contributed by atoms with Crippen molar-refractivity contribution in [2.24, 2.45) is 17.8 Å². The number of nitrogens with zero attached hydrogens (tertiary/aromatic N) is 2. The molecule has 1 aliphatic heterocycles. The number of hydrogen-bond donors (Lipinski definition) is 0. The number of epoxide rings is 1. The molecule has 2 bridgehead atoms. The summed E-state index contributed by atoms with van der Waals surface area (Å²) in [5.41, 5.74) is 1.69. The lowest BCUT2D eigenvalue weighted by molar-refractivity contribution is -0.141. The Kier molecular flexibility index (Phi) is 4.61. The summed E-state index contributed by atoms with van der Waals surface area (Å²) in [6, 6.07) is 0. The first-order valence-electron chi connectivity index (χ1n) is 10.7. The molecule has 5 rings (SSSR count). The van der Waals surface area contributed by atoms with Crippen LogP contribution in [0.3, 0.4) is 0 Å². The summed E-state index contributed by atoms with van der Waals surface area (Å²) in [6.45, 7) is 18.4. The lowest BCUT2D eigenvalue weighted by atomic mass is 9.70. The van der Waals surface area contributed by atoms with Gasteiger partial charge in [-0.05, 0) is 29.1 Å². The van der Waals surface area contributed by atoms with Crippen molar-refractivity contribution in [2.45, 2.75) is 51.0 Å². The number of Topliss-reactive ketones (excluding diaryl/α,β-unsaturated/α-hetero) is 1. The quantitative estimate of drug-likeness (QED) is 0.292. The molecule has 164 valence electrons. The highest BCUT2D eigenvalue weighted by atomic mass is 16.6. The second-order valence-electron chi connectivity index (χ2n) is 9.07. The fraction of sp³-hybridized carbons (Fsp3) is 0.542. The van der Waals surface area contributed by atoms with E-state index in [4.69, 9.17) is 27.4 Å². The Morgan fingerprint density at radius 1 is 1.12 bits per heavy atom. The third-order valence-electron chi connectivity index (χ3n) is 7.38. The van der Waals surface area contributed by atoms with E-state index in [1.807, 2.05) is 6.08 Å². The Balaban J connectivity index is 1.71. The Morgan fingerprint density at radius 2 is 1.81 bits per heavy atom. The smallest absolute Gasteiger partial charge is 0.461 e. The van der Waals surface area contributed by atoms with Crippen molar-refractivity contribution < 1.29 is 28.6 Å². The van der Waals surface area contributed by atoms with Crippen LogP contribution in [0.25, 0.3) is 9.69 Å². The first kappa shape index (κ1) is 20.7. The van der Waals surface area contributed by atoms with E-state index in [1.165, 1.54) is 13.8 Å². The number of carbonyl (C=O) groups excluding carboxylic acids is 3. The molecule has 2 fully saturated rings. The molecule has 0 N–H and O–H groups in total. The van der Waals surface area contributed by atoms with Crippen LogP contribution in [-0.2, 0) is 28.6 Å². The number of fused-ring (bicyclic) bond motifs is 8. The van der Waals surface area contributed by atoms with Gasteiger partial charge < -0.3 is 14.2 Å². The summed E-state index contributed by atoms with van der Waals surface area (Å²) in [5.74, 6) is -1.17. The molecule has 1 heterocycles. The fourth-order valence-corrected chi connectivity index (χ4v) is 6.00. The van der Waals surface area contributed by atoms with Crippen LogP contribution in [0.1, 0.15) is 33.1 Å². The lowest BCUT2D eigenvalue weighted by Gasteiger charge is -2.33. The zero-order valence-electron chi connectivity index (χ0n) is 17.8. The van der Waals surface area contributed by atoms with Gasteiger partial charge in [0.1, 0.15) is 25.2 Å². The molecular formula is C24H22N2O6. The van der Waals surface area contributed by atoms with E-state index in [1.54, 1.807) is 0 Å². The van der Waals surface area contributed by atoms with Gasteiger partial charge in [0.15, 0.2) is 5.78 Å². The Hall–Kier alpha value is -3.23. The van der Waals surface area contributed by atoms with Gasteiger partial charge in [0, 0.05) is 37.7 Å². The normalized spacial score (nSPS) is 33.2. The molecule has 5 atom stereocenters. The van der Waals surface area contributed by atoms with Crippen molar-refractivity contribution in [1.29, 1.82) is 0 Å². The molecule has 4 aliphatic carbocycles. The third-order valence-corrected chi connectivity index (χ3v) is 7.38. The third kappa shape index (κ3) is 2.94. The first-order chi connectivity index (χ1) is 15.3. The second-order valence-corrected chi connectivity index (χ2v) is 9.07. The number of ether oxygens (including phenoxy) is 3. The largest absolute Gasteiger partial charge is 0.510 e. The highest BCUT2D eigenvalue weighted by molar-refractivity contribution is 6.03. The summed E-state index contributed by atoms with van der Waals surface area (Å²) < 4.78 is 16.4. The van der Waals surface area contributed by atoms with E-state index < -0.39 is 17.6 Å². The highest BCUT2D eigenvalue weighted by Gasteiger charge is 2.68. The molecule has 0 amide bonds. The van der Waals surface area contributed by atoms with Gasteiger partial charge in [-0.2, -0.15) is 0 Å². The zero-order chi connectivity index (χ0) is 22.8. The molecular weight excluding hydrogens is 412 g/mol. The Labute approximate surface area is 185 Å². The standard InChI is InChI=1S/C24H22N2O6/c1-11(27)30-9-17-16-8-24(25-3,26-4)19-6-13-5-15(23-22(13)32-23)21(19)18(10-31-12(2)28)14(16)7-20(17)29/h6,13,15,21-23H,5,7-10H2,1-2H3/t13-,15?,21+,22?,23?/m0/s1. The van der Waals surface area contributed by atoms with Gasteiger partial charge in [-0.25, -0.2) is 22.8 Å². The number of rotatable bonds is 4. The van der Waals surface area contributed by atoms with E-state index in [-0.39, 0.29) is 61.8 Å². The minimum atomic E-state index is -1.48. The zero-order valence-corrected chi connectivity index (χ0v) is 17.8. The number of esters is 2. The van der Waals surface area contributed by atoms with Gasteiger partial charge in [-0.15, -0.1) is 0 Å². The summed E-state index contributed by atoms with van der Waals surface area (Å²) in [6.07, 6.45) is 3.25. The van der Waals surface area contributed by atoms with E-state index in [9.17, 15) is 14.4 Å². The van der Waals surface area contributed by atoms with Gasteiger partial charge in [-0.1, -0.05) is 6.08 Å². The molecule has 0 spiro atoms. The number of ketones is 1. The van der Waals surface area contributed by atoms with E-state index in [0.717, 1.165) is 23.1 Å². The molecule has 8 heteroatoms. The predicted molar refractivity (Wildman–Crippen MR) is 109 cm³/mol. The lowest BCUT2D eigenvalue weighted by Crippen LogP contribution is -2.36. The van der Waals surface area contributed by atoms with Crippen molar-refractivity contribution in [2.75, 3.05) is 13.2 Å². The average Bonchev–Trinajstić information content (AvgIpc) is 3.44. The maximum atomic E-state index is 12.9. The minimum Gasteiger partial charge on any atom is -0.461 e. The molecule has 5 aliphatic rings. The average molecular weight is 434 g/mol. The molecule has 1 saturated carbocycles. The van der Waals surface area contributed by atoms with Crippen LogP contribution in [0.4, 0.5) is 0 Å². The predicted octanol–water partition coefficient (Wildman–Crippen LogP) is 2.58. The SMILES string of the molecule is [C-]#[N+]C1([N+]#[C-])CC2=C(COC(C)=O)C(=O)CC2=C(COC(C)=O)[C@@H]2C1=C[C@@H]1CC2C2OC21. The summed E-state index contributed by atoms with van der Waals surface area (Å²) in [7, 11) is 0. The van der Waals surface area contributed by atoms with Gasteiger partial charge in [0.2, 0.25) is 0 Å². The fourth-order valence-electron chi connectivity index (χ4n) is 6.00.